The van der Waals surface area contributed by atoms with Gasteiger partial charge in [0.15, 0.2) is 5.65 Å². The van der Waals surface area contributed by atoms with Crippen molar-refractivity contribution < 1.29 is 4.74 Å². The van der Waals surface area contributed by atoms with Crippen LogP contribution in [-0.2, 0) is 4.74 Å². The summed E-state index contributed by atoms with van der Waals surface area (Å²) in [6.45, 7) is 2.40. The van der Waals surface area contributed by atoms with E-state index in [0.717, 1.165) is 35.4 Å². The van der Waals surface area contributed by atoms with Crippen LogP contribution in [0.4, 0.5) is 5.82 Å². The number of hydrogen-bond acceptors (Lipinski definition) is 7. The topological polar surface area (TPSA) is 98.8 Å². The highest BCUT2D eigenvalue weighted by Crippen LogP contribution is 2.39. The number of hydrogen-bond donors (Lipinski definition) is 2. The molecule has 144 valence electrons. The maximum absolute atomic E-state index is 6.19. The maximum atomic E-state index is 6.19. The Kier molecular flexibility index (Phi) is 4.62. The summed E-state index contributed by atoms with van der Waals surface area (Å²) in [5.74, 6) is 1.01. The molecule has 1 aliphatic heterocycles. The van der Waals surface area contributed by atoms with E-state index in [9.17, 15) is 0 Å². The Morgan fingerprint density at radius 3 is 2.75 bits per heavy atom. The average Bonchev–Trinajstić information content (AvgIpc) is 3.29. The number of nitrogen functional groups attached to an aromatic ring is 1. The number of ether oxygens (including phenoxy) is 1. The van der Waals surface area contributed by atoms with E-state index in [0.29, 0.717) is 24.0 Å². The Hall–Kier alpha value is -2.64. The third kappa shape index (κ3) is 3.21. The molecule has 2 aliphatic rings. The first-order valence-corrected chi connectivity index (χ1v) is 9.99. The van der Waals surface area contributed by atoms with E-state index in [1.165, 1.54) is 37.6 Å². The smallest absolute Gasteiger partial charge is 0.165 e. The van der Waals surface area contributed by atoms with Gasteiger partial charge in [0.1, 0.15) is 18.2 Å². The molecule has 0 amide bonds. The number of nitrogens with zero attached hydrogens (tertiary/aromatic N) is 4. The van der Waals surface area contributed by atoms with Gasteiger partial charge in [-0.25, -0.2) is 15.0 Å². The minimum Gasteiger partial charge on any atom is -0.383 e. The predicted molar refractivity (Wildman–Crippen MR) is 108 cm³/mol. The number of morpholine rings is 1. The van der Waals surface area contributed by atoms with Gasteiger partial charge in [-0.2, -0.15) is 0 Å². The Balaban J connectivity index is 1.55. The van der Waals surface area contributed by atoms with Crippen molar-refractivity contribution in [2.24, 2.45) is 0 Å². The average molecular weight is 376 g/mol. The molecule has 3 aromatic rings. The second-order valence-electron chi connectivity index (χ2n) is 7.57. The van der Waals surface area contributed by atoms with Crippen LogP contribution < -0.4 is 11.1 Å². The lowest BCUT2D eigenvalue weighted by molar-refractivity contribution is 0.0250. The van der Waals surface area contributed by atoms with Gasteiger partial charge >= 0.3 is 0 Å². The summed E-state index contributed by atoms with van der Waals surface area (Å²) in [7, 11) is 0. The first-order valence-electron chi connectivity index (χ1n) is 9.99. The molecular weight excluding hydrogens is 352 g/mol. The number of nitrogens with one attached hydrogen (secondary N) is 1. The number of fused-ring (bicyclic) bond motifs is 1. The summed E-state index contributed by atoms with van der Waals surface area (Å²) in [6.07, 6.45) is 8.23. The molecule has 0 spiro atoms. The van der Waals surface area contributed by atoms with Gasteiger partial charge in [0.05, 0.1) is 23.4 Å². The first kappa shape index (κ1) is 17.5. The Bertz CT molecular complexity index is 978. The molecule has 1 saturated carbocycles. The number of aromatic nitrogens is 4. The molecule has 28 heavy (non-hydrogen) atoms. The van der Waals surface area contributed by atoms with E-state index < -0.39 is 0 Å². The molecule has 2 fully saturated rings. The standard InChI is InChI=1S/C21H24N6O/c22-20-19-15(13-3-1-2-4-13)9-17(27-21(19)26-12-25-20)14-5-6-16(24-10-14)18-11-23-7-8-28-18/h5-6,9-10,12-13,18,23H,1-4,7-8,11H2,(H2,22,25,26,27). The van der Waals surface area contributed by atoms with Crippen molar-refractivity contribution in [3.05, 3.63) is 42.0 Å². The van der Waals surface area contributed by atoms with Gasteiger partial charge in [0.25, 0.3) is 0 Å². The molecule has 7 heteroatoms. The quantitative estimate of drug-likeness (QED) is 0.725. The molecule has 1 atom stereocenters. The van der Waals surface area contributed by atoms with Crippen LogP contribution in [0.25, 0.3) is 22.3 Å². The Labute approximate surface area is 163 Å². The van der Waals surface area contributed by atoms with E-state index in [1.54, 1.807) is 0 Å². The monoisotopic (exact) mass is 376 g/mol. The fraction of sp³-hybridized carbons (Fsp3) is 0.429. The minimum atomic E-state index is 0.00829. The normalized spacial score (nSPS) is 20.6. The van der Waals surface area contributed by atoms with Gasteiger partial charge in [-0.1, -0.05) is 12.8 Å². The number of pyridine rings is 2. The summed E-state index contributed by atoms with van der Waals surface area (Å²) in [6, 6.07) is 6.26. The van der Waals surface area contributed by atoms with Crippen LogP contribution in [-0.4, -0.2) is 39.6 Å². The molecule has 1 unspecified atom stereocenters. The SMILES string of the molecule is Nc1ncnc2nc(-c3ccc(C4CNCCO4)nc3)cc(C3CCCC3)c12. The molecule has 4 heterocycles. The third-order valence-corrected chi connectivity index (χ3v) is 5.80. The van der Waals surface area contributed by atoms with Crippen molar-refractivity contribution in [2.45, 2.75) is 37.7 Å². The van der Waals surface area contributed by atoms with Crippen LogP contribution in [0.2, 0.25) is 0 Å². The summed E-state index contributed by atoms with van der Waals surface area (Å²) >= 11 is 0. The van der Waals surface area contributed by atoms with Crippen LogP contribution in [0.3, 0.4) is 0 Å². The van der Waals surface area contributed by atoms with E-state index in [2.05, 4.69) is 32.4 Å². The fourth-order valence-electron chi connectivity index (χ4n) is 4.33. The summed E-state index contributed by atoms with van der Waals surface area (Å²) < 4.78 is 5.80. The summed E-state index contributed by atoms with van der Waals surface area (Å²) in [5, 5.41) is 4.25. The Morgan fingerprint density at radius 1 is 1.11 bits per heavy atom. The Morgan fingerprint density at radius 2 is 2.00 bits per heavy atom. The largest absolute Gasteiger partial charge is 0.383 e. The molecule has 1 aliphatic carbocycles. The zero-order valence-corrected chi connectivity index (χ0v) is 15.8. The number of rotatable bonds is 3. The van der Waals surface area contributed by atoms with Gasteiger partial charge in [-0.3, -0.25) is 4.98 Å². The van der Waals surface area contributed by atoms with Gasteiger partial charge < -0.3 is 15.8 Å². The van der Waals surface area contributed by atoms with Crippen molar-refractivity contribution >= 4 is 16.9 Å². The molecule has 3 N–H and O–H groups in total. The first-order chi connectivity index (χ1) is 13.8. The third-order valence-electron chi connectivity index (χ3n) is 5.80. The van der Waals surface area contributed by atoms with Gasteiger partial charge in [0.2, 0.25) is 0 Å². The highest BCUT2D eigenvalue weighted by Gasteiger charge is 2.23. The van der Waals surface area contributed by atoms with Crippen LogP contribution in [0.15, 0.2) is 30.7 Å². The molecule has 7 nitrogen and oxygen atoms in total. The van der Waals surface area contributed by atoms with Gasteiger partial charge in [-0.05, 0) is 42.5 Å². The maximum Gasteiger partial charge on any atom is 0.165 e. The molecule has 1 saturated heterocycles. The predicted octanol–water partition coefficient (Wildman–Crippen LogP) is 2.99. The van der Waals surface area contributed by atoms with Crippen molar-refractivity contribution in [2.75, 3.05) is 25.4 Å². The van der Waals surface area contributed by atoms with Crippen LogP contribution in [0.5, 0.6) is 0 Å². The second-order valence-corrected chi connectivity index (χ2v) is 7.57. The van der Waals surface area contributed by atoms with Gasteiger partial charge in [0, 0.05) is 24.8 Å². The summed E-state index contributed by atoms with van der Waals surface area (Å²) in [5.41, 5.74) is 10.9. The van der Waals surface area contributed by atoms with Crippen molar-refractivity contribution in [1.82, 2.24) is 25.3 Å². The van der Waals surface area contributed by atoms with Crippen molar-refractivity contribution in [3.63, 3.8) is 0 Å². The molecule has 3 aromatic heterocycles. The van der Waals surface area contributed by atoms with Crippen LogP contribution in [0.1, 0.15) is 49.0 Å². The molecule has 5 rings (SSSR count). The minimum absolute atomic E-state index is 0.00829. The fourth-order valence-corrected chi connectivity index (χ4v) is 4.33. The zero-order valence-electron chi connectivity index (χ0n) is 15.8. The highest BCUT2D eigenvalue weighted by molar-refractivity contribution is 5.90. The van der Waals surface area contributed by atoms with Crippen LogP contribution in [0, 0.1) is 0 Å². The molecule has 0 radical (unpaired) electrons. The lowest BCUT2D eigenvalue weighted by Crippen LogP contribution is -2.33. The molecular formula is C21H24N6O. The van der Waals surface area contributed by atoms with Crippen molar-refractivity contribution in [1.29, 1.82) is 0 Å². The van der Waals surface area contributed by atoms with E-state index in [1.807, 2.05) is 12.3 Å². The van der Waals surface area contributed by atoms with E-state index in [-0.39, 0.29) is 6.10 Å². The molecule has 0 aromatic carbocycles. The zero-order chi connectivity index (χ0) is 18.9. The number of anilines is 1. The van der Waals surface area contributed by atoms with E-state index >= 15 is 0 Å². The lowest BCUT2D eigenvalue weighted by Gasteiger charge is -2.23. The second kappa shape index (κ2) is 7.41. The van der Waals surface area contributed by atoms with Crippen LogP contribution >= 0.6 is 0 Å². The van der Waals surface area contributed by atoms with Crippen molar-refractivity contribution in [3.8, 4) is 11.3 Å². The number of nitrogens with two attached hydrogens (primary N) is 1. The highest BCUT2D eigenvalue weighted by atomic mass is 16.5. The summed E-state index contributed by atoms with van der Waals surface area (Å²) in [4.78, 5) is 18.0. The van der Waals surface area contributed by atoms with E-state index in [4.69, 9.17) is 15.5 Å². The lowest BCUT2D eigenvalue weighted by atomic mass is 9.93. The van der Waals surface area contributed by atoms with Gasteiger partial charge in [-0.15, -0.1) is 0 Å². The molecule has 0 bridgehead atoms.